The fraction of sp³-hybridized carbons (Fsp3) is 0.500. The molecule has 1 unspecified atom stereocenters. The van der Waals surface area contributed by atoms with E-state index in [0.717, 1.165) is 5.69 Å². The molecule has 2 rings (SSSR count). The summed E-state index contributed by atoms with van der Waals surface area (Å²) < 4.78 is 5.20. The van der Waals surface area contributed by atoms with Crippen molar-refractivity contribution in [2.75, 3.05) is 26.3 Å². The molecule has 1 aromatic rings. The number of pyridine rings is 1. The van der Waals surface area contributed by atoms with Crippen LogP contribution in [0.25, 0.3) is 0 Å². The Morgan fingerprint density at radius 3 is 2.88 bits per heavy atom. The Morgan fingerprint density at radius 2 is 2.24 bits per heavy atom. The first-order valence-corrected chi connectivity index (χ1v) is 5.79. The van der Waals surface area contributed by atoms with Gasteiger partial charge in [0.05, 0.1) is 19.3 Å². The minimum absolute atomic E-state index is 0.0149. The Labute approximate surface area is 101 Å². The number of carbonyl (C=O) groups excluding carboxylic acids is 1. The molecule has 0 aliphatic carbocycles. The van der Waals surface area contributed by atoms with Gasteiger partial charge < -0.3 is 15.4 Å². The molecule has 1 aromatic heterocycles. The molecular weight excluding hydrogens is 218 g/mol. The van der Waals surface area contributed by atoms with Crippen LogP contribution in [0.4, 0.5) is 0 Å². The Hall–Kier alpha value is -1.46. The monoisotopic (exact) mass is 235 g/mol. The molecule has 1 saturated heterocycles. The Kier molecular flexibility index (Phi) is 4.06. The standard InChI is InChI=1S/C12H17N3O2/c13-11(9-10-3-1-2-4-14-10)12(16)15-5-7-17-8-6-15/h1-4,11H,5-9,13H2. The number of hydrogen-bond acceptors (Lipinski definition) is 4. The zero-order valence-electron chi connectivity index (χ0n) is 9.71. The number of nitrogens with zero attached hydrogens (tertiary/aromatic N) is 2. The van der Waals surface area contributed by atoms with Crippen molar-refractivity contribution in [3.63, 3.8) is 0 Å². The van der Waals surface area contributed by atoms with Crippen molar-refractivity contribution in [2.24, 2.45) is 5.73 Å². The molecule has 17 heavy (non-hydrogen) atoms. The van der Waals surface area contributed by atoms with E-state index in [4.69, 9.17) is 10.5 Å². The maximum absolute atomic E-state index is 12.0. The largest absolute Gasteiger partial charge is 0.378 e. The Morgan fingerprint density at radius 1 is 1.47 bits per heavy atom. The number of morpholine rings is 1. The van der Waals surface area contributed by atoms with Gasteiger partial charge in [-0.25, -0.2) is 0 Å². The maximum Gasteiger partial charge on any atom is 0.240 e. The summed E-state index contributed by atoms with van der Waals surface area (Å²) in [5.74, 6) is -0.0149. The van der Waals surface area contributed by atoms with Crippen molar-refractivity contribution in [2.45, 2.75) is 12.5 Å². The molecule has 0 aromatic carbocycles. The number of carbonyl (C=O) groups is 1. The summed E-state index contributed by atoms with van der Waals surface area (Å²) >= 11 is 0. The molecule has 5 nitrogen and oxygen atoms in total. The van der Waals surface area contributed by atoms with Gasteiger partial charge in [-0.3, -0.25) is 9.78 Å². The summed E-state index contributed by atoms with van der Waals surface area (Å²) in [5, 5.41) is 0. The number of rotatable bonds is 3. The molecular formula is C12H17N3O2. The van der Waals surface area contributed by atoms with E-state index in [1.807, 2.05) is 18.2 Å². The summed E-state index contributed by atoms with van der Waals surface area (Å²) in [4.78, 5) is 18.0. The van der Waals surface area contributed by atoms with Gasteiger partial charge in [0, 0.05) is 31.4 Å². The number of hydrogen-bond donors (Lipinski definition) is 1. The molecule has 1 aliphatic rings. The van der Waals surface area contributed by atoms with Crippen LogP contribution >= 0.6 is 0 Å². The summed E-state index contributed by atoms with van der Waals surface area (Å²) in [6, 6.07) is 5.11. The highest BCUT2D eigenvalue weighted by atomic mass is 16.5. The predicted molar refractivity (Wildman–Crippen MR) is 63.3 cm³/mol. The average Bonchev–Trinajstić information content (AvgIpc) is 2.40. The maximum atomic E-state index is 12.0. The van der Waals surface area contributed by atoms with Crippen LogP contribution in [0.5, 0.6) is 0 Å². The van der Waals surface area contributed by atoms with Crippen molar-refractivity contribution < 1.29 is 9.53 Å². The molecule has 1 fully saturated rings. The zero-order chi connectivity index (χ0) is 12.1. The van der Waals surface area contributed by atoms with Crippen LogP contribution in [0, 0.1) is 0 Å². The van der Waals surface area contributed by atoms with E-state index in [9.17, 15) is 4.79 Å². The molecule has 1 atom stereocenters. The van der Waals surface area contributed by atoms with Crippen LogP contribution in [0.15, 0.2) is 24.4 Å². The number of nitrogens with two attached hydrogens (primary N) is 1. The average molecular weight is 235 g/mol. The summed E-state index contributed by atoms with van der Waals surface area (Å²) in [7, 11) is 0. The van der Waals surface area contributed by atoms with Crippen LogP contribution in [0.2, 0.25) is 0 Å². The third-order valence-corrected chi connectivity index (χ3v) is 2.80. The second kappa shape index (κ2) is 5.75. The Bertz CT molecular complexity index is 363. The van der Waals surface area contributed by atoms with Gasteiger partial charge >= 0.3 is 0 Å². The van der Waals surface area contributed by atoms with Crippen LogP contribution in [-0.2, 0) is 16.0 Å². The van der Waals surface area contributed by atoms with Gasteiger partial charge in [-0.05, 0) is 12.1 Å². The van der Waals surface area contributed by atoms with Gasteiger partial charge in [-0.1, -0.05) is 6.07 Å². The van der Waals surface area contributed by atoms with Crippen molar-refractivity contribution >= 4 is 5.91 Å². The fourth-order valence-corrected chi connectivity index (χ4v) is 1.85. The third-order valence-electron chi connectivity index (χ3n) is 2.80. The van der Waals surface area contributed by atoms with Crippen molar-refractivity contribution in [1.82, 2.24) is 9.88 Å². The zero-order valence-corrected chi connectivity index (χ0v) is 9.71. The first-order valence-electron chi connectivity index (χ1n) is 5.79. The smallest absolute Gasteiger partial charge is 0.240 e. The lowest BCUT2D eigenvalue weighted by Crippen LogP contribution is -2.49. The van der Waals surface area contributed by atoms with Crippen LogP contribution in [0.1, 0.15) is 5.69 Å². The lowest BCUT2D eigenvalue weighted by Gasteiger charge is -2.29. The van der Waals surface area contributed by atoms with E-state index < -0.39 is 6.04 Å². The van der Waals surface area contributed by atoms with Gasteiger partial charge in [-0.15, -0.1) is 0 Å². The van der Waals surface area contributed by atoms with E-state index in [2.05, 4.69) is 4.98 Å². The normalized spacial score (nSPS) is 17.8. The van der Waals surface area contributed by atoms with Crippen LogP contribution in [-0.4, -0.2) is 48.1 Å². The van der Waals surface area contributed by atoms with E-state index in [1.54, 1.807) is 11.1 Å². The lowest BCUT2D eigenvalue weighted by molar-refractivity contribution is -0.136. The quantitative estimate of drug-likeness (QED) is 0.788. The highest BCUT2D eigenvalue weighted by Crippen LogP contribution is 2.04. The highest BCUT2D eigenvalue weighted by molar-refractivity contribution is 5.82. The first-order chi connectivity index (χ1) is 8.27. The Balaban J connectivity index is 1.90. The van der Waals surface area contributed by atoms with Gasteiger partial charge in [0.2, 0.25) is 5.91 Å². The van der Waals surface area contributed by atoms with Crippen molar-refractivity contribution in [1.29, 1.82) is 0 Å². The molecule has 2 N–H and O–H groups in total. The minimum atomic E-state index is -0.511. The van der Waals surface area contributed by atoms with E-state index >= 15 is 0 Å². The third kappa shape index (κ3) is 3.25. The van der Waals surface area contributed by atoms with E-state index in [-0.39, 0.29) is 5.91 Å². The van der Waals surface area contributed by atoms with Crippen LogP contribution in [0.3, 0.4) is 0 Å². The number of amides is 1. The predicted octanol–water partition coefficient (Wildman–Crippen LogP) is -0.190. The molecule has 2 heterocycles. The molecule has 1 aliphatic heterocycles. The molecule has 5 heteroatoms. The second-order valence-corrected chi connectivity index (χ2v) is 4.07. The molecule has 1 amide bonds. The molecule has 0 radical (unpaired) electrons. The molecule has 0 saturated carbocycles. The SMILES string of the molecule is NC(Cc1ccccn1)C(=O)N1CCOCC1. The number of ether oxygens (including phenoxy) is 1. The first kappa shape index (κ1) is 12.0. The molecule has 92 valence electrons. The van der Waals surface area contributed by atoms with Gasteiger partial charge in [0.1, 0.15) is 0 Å². The fourth-order valence-electron chi connectivity index (χ4n) is 1.85. The van der Waals surface area contributed by atoms with Crippen molar-refractivity contribution in [3.05, 3.63) is 30.1 Å². The topological polar surface area (TPSA) is 68.5 Å². The minimum Gasteiger partial charge on any atom is -0.378 e. The van der Waals surface area contributed by atoms with Crippen LogP contribution < -0.4 is 5.73 Å². The van der Waals surface area contributed by atoms with Gasteiger partial charge in [0.25, 0.3) is 0 Å². The van der Waals surface area contributed by atoms with Gasteiger partial charge in [-0.2, -0.15) is 0 Å². The lowest BCUT2D eigenvalue weighted by atomic mass is 10.1. The summed E-state index contributed by atoms with van der Waals surface area (Å²) in [5.41, 5.74) is 6.76. The summed E-state index contributed by atoms with van der Waals surface area (Å²) in [6.07, 6.45) is 2.19. The second-order valence-electron chi connectivity index (χ2n) is 4.07. The molecule has 0 spiro atoms. The summed E-state index contributed by atoms with van der Waals surface area (Å²) in [6.45, 7) is 2.47. The highest BCUT2D eigenvalue weighted by Gasteiger charge is 2.23. The molecule has 0 bridgehead atoms. The number of aromatic nitrogens is 1. The van der Waals surface area contributed by atoms with E-state index in [1.165, 1.54) is 0 Å². The van der Waals surface area contributed by atoms with Gasteiger partial charge in [0.15, 0.2) is 0 Å². The van der Waals surface area contributed by atoms with Crippen molar-refractivity contribution in [3.8, 4) is 0 Å². The van der Waals surface area contributed by atoms with E-state index in [0.29, 0.717) is 32.7 Å².